The fraction of sp³-hybridized carbons (Fsp3) is 0.571. The number of hydrogen-bond acceptors (Lipinski definition) is 4. The summed E-state index contributed by atoms with van der Waals surface area (Å²) in [5.74, 6) is -2.54. The number of fused-ring (bicyclic) bond motifs is 1. The Balaban J connectivity index is 0.000000236. The number of thiophene rings is 1. The van der Waals surface area contributed by atoms with Crippen molar-refractivity contribution in [2.75, 3.05) is 13.1 Å². The number of aliphatic carboxylic acids is 2. The number of nitrogens with zero attached hydrogens (tertiary/aromatic N) is 1. The number of likely N-dealkylation sites (tertiary alicyclic amines) is 1. The van der Waals surface area contributed by atoms with E-state index in [1.165, 1.54) is 10.4 Å². The lowest BCUT2D eigenvalue weighted by Gasteiger charge is -2.18. The topological polar surface area (TPSA) is 77.8 Å². The van der Waals surface area contributed by atoms with Crippen molar-refractivity contribution in [2.45, 2.75) is 19.6 Å². The molecule has 5 nitrogen and oxygen atoms in total. The number of piperidine rings is 1. The monoisotopic (exact) mass is 351 g/mol. The molecule has 2 aliphatic rings. The van der Waals surface area contributed by atoms with E-state index in [9.17, 15) is 18.0 Å². The van der Waals surface area contributed by atoms with Gasteiger partial charge in [0, 0.05) is 24.5 Å². The van der Waals surface area contributed by atoms with E-state index in [2.05, 4.69) is 23.3 Å². The van der Waals surface area contributed by atoms with Crippen LogP contribution in [-0.2, 0) is 16.1 Å². The Morgan fingerprint density at radius 1 is 1.30 bits per heavy atom. The van der Waals surface area contributed by atoms with Gasteiger partial charge in [-0.15, -0.1) is 11.3 Å². The minimum absolute atomic E-state index is 0.0410. The van der Waals surface area contributed by atoms with E-state index < -0.39 is 18.1 Å². The van der Waals surface area contributed by atoms with Crippen LogP contribution in [-0.4, -0.2) is 46.3 Å². The standard InChI is InChI=1S/C12H15NO2S.C2HF3O2/c1-7-2-3-16-10(7)6-13-4-8-9(5-13)11(8)12(14)15;3-2(4,5)1(6)7/h2-3,8-9,11H,4-6H2,1H3,(H,14,15);(H,6,7)/t8-,9+,11?;. The Morgan fingerprint density at radius 2 is 1.83 bits per heavy atom. The molecule has 1 aromatic heterocycles. The smallest absolute Gasteiger partial charge is 0.481 e. The summed E-state index contributed by atoms with van der Waals surface area (Å²) in [5.41, 5.74) is 1.36. The molecule has 1 aromatic rings. The molecule has 128 valence electrons. The SMILES string of the molecule is Cc1ccsc1CN1C[C@@H]2C(C(=O)O)[C@@H]2C1.O=C(O)C(F)(F)F. The van der Waals surface area contributed by atoms with Crippen LogP contribution in [0.15, 0.2) is 11.4 Å². The Hall–Kier alpha value is -1.61. The Bertz CT molecular complexity index is 589. The van der Waals surface area contributed by atoms with Crippen molar-refractivity contribution in [1.29, 1.82) is 0 Å². The van der Waals surface area contributed by atoms with E-state index in [0.29, 0.717) is 11.8 Å². The second-order valence-electron chi connectivity index (χ2n) is 5.72. The second kappa shape index (κ2) is 6.48. The Labute approximate surface area is 134 Å². The van der Waals surface area contributed by atoms with Crippen molar-refractivity contribution < 1.29 is 33.0 Å². The van der Waals surface area contributed by atoms with Crippen LogP contribution in [0.5, 0.6) is 0 Å². The van der Waals surface area contributed by atoms with Crippen LogP contribution in [0.1, 0.15) is 10.4 Å². The van der Waals surface area contributed by atoms with Crippen molar-refractivity contribution in [3.63, 3.8) is 0 Å². The number of carboxylic acid groups (broad SMARTS) is 2. The summed E-state index contributed by atoms with van der Waals surface area (Å²) in [6.07, 6.45) is -5.08. The van der Waals surface area contributed by atoms with Gasteiger partial charge in [0.2, 0.25) is 0 Å². The molecule has 23 heavy (non-hydrogen) atoms. The first-order valence-electron chi connectivity index (χ1n) is 6.89. The molecule has 2 fully saturated rings. The summed E-state index contributed by atoms with van der Waals surface area (Å²) in [4.78, 5) is 23.6. The molecule has 9 heteroatoms. The van der Waals surface area contributed by atoms with Crippen LogP contribution >= 0.6 is 11.3 Å². The van der Waals surface area contributed by atoms with Crippen LogP contribution in [0.2, 0.25) is 0 Å². The predicted octanol–water partition coefficient (Wildman–Crippen LogP) is 2.45. The molecule has 1 saturated carbocycles. The van der Waals surface area contributed by atoms with Crippen LogP contribution in [0.4, 0.5) is 13.2 Å². The maximum atomic E-state index is 10.8. The van der Waals surface area contributed by atoms with Crippen molar-refractivity contribution >= 4 is 23.3 Å². The lowest BCUT2D eigenvalue weighted by molar-refractivity contribution is -0.192. The van der Waals surface area contributed by atoms with E-state index in [4.69, 9.17) is 15.0 Å². The third-order valence-corrected chi connectivity index (χ3v) is 5.14. The Morgan fingerprint density at radius 3 is 2.17 bits per heavy atom. The molecule has 1 aliphatic heterocycles. The lowest BCUT2D eigenvalue weighted by atomic mass is 10.2. The number of carboxylic acids is 2. The molecule has 0 bridgehead atoms. The summed E-state index contributed by atoms with van der Waals surface area (Å²) in [5, 5.41) is 18.2. The fourth-order valence-electron chi connectivity index (χ4n) is 2.88. The maximum absolute atomic E-state index is 10.8. The third kappa shape index (κ3) is 4.23. The number of hydrogen-bond donors (Lipinski definition) is 2. The van der Waals surface area contributed by atoms with Crippen molar-refractivity contribution in [2.24, 2.45) is 17.8 Å². The van der Waals surface area contributed by atoms with Gasteiger partial charge in [0.1, 0.15) is 0 Å². The number of alkyl halides is 3. The molecule has 1 aliphatic carbocycles. The van der Waals surface area contributed by atoms with Crippen LogP contribution in [0.3, 0.4) is 0 Å². The highest BCUT2D eigenvalue weighted by Gasteiger charge is 2.59. The summed E-state index contributed by atoms with van der Waals surface area (Å²) in [7, 11) is 0. The van der Waals surface area contributed by atoms with Crippen LogP contribution in [0.25, 0.3) is 0 Å². The number of halogens is 3. The first kappa shape index (κ1) is 17.7. The van der Waals surface area contributed by atoms with Gasteiger partial charge >= 0.3 is 18.1 Å². The van der Waals surface area contributed by atoms with Crippen molar-refractivity contribution in [3.05, 3.63) is 21.9 Å². The zero-order chi connectivity index (χ0) is 17.4. The van der Waals surface area contributed by atoms with E-state index in [1.54, 1.807) is 11.3 Å². The maximum Gasteiger partial charge on any atom is 0.490 e. The van der Waals surface area contributed by atoms with Gasteiger partial charge in [-0.1, -0.05) is 0 Å². The number of aryl methyl sites for hydroxylation is 1. The van der Waals surface area contributed by atoms with Gasteiger partial charge < -0.3 is 10.2 Å². The minimum atomic E-state index is -5.08. The molecule has 0 amide bonds. The number of rotatable bonds is 3. The van der Waals surface area contributed by atoms with E-state index in [-0.39, 0.29) is 5.92 Å². The first-order chi connectivity index (χ1) is 10.6. The first-order valence-corrected chi connectivity index (χ1v) is 7.77. The minimum Gasteiger partial charge on any atom is -0.481 e. The molecule has 3 rings (SSSR count). The van der Waals surface area contributed by atoms with E-state index in [0.717, 1.165) is 19.6 Å². The predicted molar refractivity (Wildman–Crippen MR) is 76.1 cm³/mol. The van der Waals surface area contributed by atoms with E-state index in [1.807, 2.05) is 0 Å². The average Bonchev–Trinajstić information content (AvgIpc) is 2.75. The second-order valence-corrected chi connectivity index (χ2v) is 6.72. The largest absolute Gasteiger partial charge is 0.490 e. The molecular formula is C14H16F3NO4S. The van der Waals surface area contributed by atoms with Gasteiger partial charge in [0.05, 0.1) is 5.92 Å². The zero-order valence-corrected chi connectivity index (χ0v) is 13.0. The van der Waals surface area contributed by atoms with Gasteiger partial charge in [-0.3, -0.25) is 9.69 Å². The zero-order valence-electron chi connectivity index (χ0n) is 12.2. The molecule has 3 atom stereocenters. The van der Waals surface area contributed by atoms with Gasteiger partial charge in [0.25, 0.3) is 0 Å². The highest BCUT2D eigenvalue weighted by Crippen LogP contribution is 2.52. The summed E-state index contributed by atoms with van der Waals surface area (Å²) in [6.45, 7) is 5.09. The van der Waals surface area contributed by atoms with E-state index >= 15 is 0 Å². The third-order valence-electron chi connectivity index (χ3n) is 4.13. The van der Waals surface area contributed by atoms with Gasteiger partial charge in [0.15, 0.2) is 0 Å². The molecule has 1 saturated heterocycles. The average molecular weight is 351 g/mol. The van der Waals surface area contributed by atoms with Gasteiger partial charge in [-0.2, -0.15) is 13.2 Å². The van der Waals surface area contributed by atoms with Crippen molar-refractivity contribution in [3.8, 4) is 0 Å². The van der Waals surface area contributed by atoms with Crippen LogP contribution < -0.4 is 0 Å². The molecule has 0 aromatic carbocycles. The normalized spacial score (nSPS) is 26.2. The molecule has 0 spiro atoms. The highest BCUT2D eigenvalue weighted by molar-refractivity contribution is 7.10. The fourth-order valence-corrected chi connectivity index (χ4v) is 3.83. The Kier molecular flexibility index (Phi) is 5.00. The summed E-state index contributed by atoms with van der Waals surface area (Å²) in [6, 6.07) is 2.15. The molecule has 2 heterocycles. The molecule has 2 N–H and O–H groups in total. The quantitative estimate of drug-likeness (QED) is 0.875. The summed E-state index contributed by atoms with van der Waals surface area (Å²) >= 11 is 1.80. The van der Waals surface area contributed by atoms with Crippen LogP contribution in [0, 0.1) is 24.7 Å². The van der Waals surface area contributed by atoms with Gasteiger partial charge in [-0.25, -0.2) is 4.79 Å². The lowest BCUT2D eigenvalue weighted by Crippen LogP contribution is -2.25. The number of carbonyl (C=O) groups is 2. The molecular weight excluding hydrogens is 335 g/mol. The molecule has 1 unspecified atom stereocenters. The summed E-state index contributed by atoms with van der Waals surface area (Å²) < 4.78 is 31.7. The van der Waals surface area contributed by atoms with Crippen molar-refractivity contribution in [1.82, 2.24) is 4.90 Å². The highest BCUT2D eigenvalue weighted by atomic mass is 32.1. The van der Waals surface area contributed by atoms with Gasteiger partial charge in [-0.05, 0) is 35.8 Å². The molecule has 0 radical (unpaired) electrons.